The normalized spacial score (nSPS) is 11.4. The van der Waals surface area contributed by atoms with Crippen molar-refractivity contribution in [2.75, 3.05) is 5.32 Å². The van der Waals surface area contributed by atoms with Crippen LogP contribution >= 0.6 is 11.6 Å². The number of carbonyl (C=O) groups is 1. The van der Waals surface area contributed by atoms with Crippen LogP contribution in [-0.2, 0) is 0 Å². The molecule has 27 heavy (non-hydrogen) atoms. The summed E-state index contributed by atoms with van der Waals surface area (Å²) >= 11 is 6.08. The van der Waals surface area contributed by atoms with Crippen molar-refractivity contribution in [2.45, 2.75) is 32.4 Å². The minimum atomic E-state index is -0.772. The number of halogens is 2. The maximum atomic E-state index is 13.8. The molecular weight excluding hydrogens is 365 g/mol. The Balaban J connectivity index is 1.93. The molecule has 1 amide bonds. The SMILES string of the molecule is CCC(CC)(NC(=O)c1cncc2ccccc12)Nc1cccc(F)c1Cl. The zero-order chi connectivity index (χ0) is 19.4. The van der Waals surface area contributed by atoms with Crippen molar-refractivity contribution in [1.29, 1.82) is 0 Å². The molecule has 0 atom stereocenters. The fourth-order valence-corrected chi connectivity index (χ4v) is 3.25. The molecule has 140 valence electrons. The van der Waals surface area contributed by atoms with E-state index in [1.807, 2.05) is 38.1 Å². The number of aromatic nitrogens is 1. The number of anilines is 1. The summed E-state index contributed by atoms with van der Waals surface area (Å²) < 4.78 is 13.8. The summed E-state index contributed by atoms with van der Waals surface area (Å²) in [6, 6.07) is 12.2. The second kappa shape index (κ2) is 7.92. The molecule has 3 rings (SSSR count). The summed E-state index contributed by atoms with van der Waals surface area (Å²) in [6.07, 6.45) is 4.45. The van der Waals surface area contributed by atoms with E-state index in [-0.39, 0.29) is 10.9 Å². The molecule has 0 saturated heterocycles. The number of amides is 1. The molecule has 0 aliphatic rings. The van der Waals surface area contributed by atoms with Crippen LogP contribution in [0.3, 0.4) is 0 Å². The average molecular weight is 386 g/mol. The van der Waals surface area contributed by atoms with E-state index in [1.54, 1.807) is 24.5 Å². The van der Waals surface area contributed by atoms with Crippen LogP contribution in [0.25, 0.3) is 10.8 Å². The van der Waals surface area contributed by atoms with Gasteiger partial charge in [-0.05, 0) is 30.4 Å². The molecule has 2 N–H and O–H groups in total. The summed E-state index contributed by atoms with van der Waals surface area (Å²) in [5.74, 6) is -0.754. The van der Waals surface area contributed by atoms with Crippen LogP contribution < -0.4 is 10.6 Å². The van der Waals surface area contributed by atoms with Crippen molar-refractivity contribution in [3.05, 3.63) is 71.3 Å². The molecule has 4 nitrogen and oxygen atoms in total. The van der Waals surface area contributed by atoms with E-state index in [1.165, 1.54) is 6.07 Å². The van der Waals surface area contributed by atoms with Crippen molar-refractivity contribution in [3.63, 3.8) is 0 Å². The number of benzene rings is 2. The number of hydrogen-bond acceptors (Lipinski definition) is 3. The Bertz CT molecular complexity index is 967. The Labute approximate surface area is 162 Å². The third-order valence-electron chi connectivity index (χ3n) is 4.80. The molecule has 0 aliphatic heterocycles. The van der Waals surface area contributed by atoms with E-state index >= 15 is 0 Å². The monoisotopic (exact) mass is 385 g/mol. The molecule has 6 heteroatoms. The van der Waals surface area contributed by atoms with Crippen LogP contribution in [0.1, 0.15) is 37.0 Å². The van der Waals surface area contributed by atoms with Gasteiger partial charge < -0.3 is 10.6 Å². The van der Waals surface area contributed by atoms with E-state index in [9.17, 15) is 9.18 Å². The molecule has 0 unspecified atom stereocenters. The van der Waals surface area contributed by atoms with Crippen molar-refractivity contribution in [2.24, 2.45) is 0 Å². The third kappa shape index (κ3) is 3.88. The number of nitrogens with one attached hydrogen (secondary N) is 2. The highest BCUT2D eigenvalue weighted by Gasteiger charge is 2.30. The van der Waals surface area contributed by atoms with E-state index in [2.05, 4.69) is 15.6 Å². The summed E-state index contributed by atoms with van der Waals surface area (Å²) in [4.78, 5) is 17.2. The first kappa shape index (κ1) is 19.1. The highest BCUT2D eigenvalue weighted by molar-refractivity contribution is 6.33. The highest BCUT2D eigenvalue weighted by atomic mass is 35.5. The number of rotatable bonds is 6. The van der Waals surface area contributed by atoms with Crippen LogP contribution in [0, 0.1) is 5.82 Å². The van der Waals surface area contributed by atoms with Crippen LogP contribution in [0.2, 0.25) is 5.02 Å². The van der Waals surface area contributed by atoms with Gasteiger partial charge in [0.2, 0.25) is 0 Å². The molecule has 0 fully saturated rings. The molecule has 2 aromatic carbocycles. The van der Waals surface area contributed by atoms with Gasteiger partial charge in [-0.25, -0.2) is 4.39 Å². The molecule has 1 heterocycles. The zero-order valence-corrected chi connectivity index (χ0v) is 16.0. The first-order chi connectivity index (χ1) is 13.0. The van der Waals surface area contributed by atoms with E-state index in [0.717, 1.165) is 10.8 Å². The summed E-state index contributed by atoms with van der Waals surface area (Å²) in [5.41, 5.74) is 0.161. The van der Waals surface area contributed by atoms with Gasteiger partial charge in [-0.2, -0.15) is 0 Å². The van der Waals surface area contributed by atoms with Gasteiger partial charge in [0.15, 0.2) is 0 Å². The minimum Gasteiger partial charge on any atom is -0.361 e. The lowest BCUT2D eigenvalue weighted by atomic mass is 10.0. The zero-order valence-electron chi connectivity index (χ0n) is 15.2. The lowest BCUT2D eigenvalue weighted by Gasteiger charge is -2.35. The highest BCUT2D eigenvalue weighted by Crippen LogP contribution is 2.29. The number of nitrogens with zero attached hydrogens (tertiary/aromatic N) is 1. The van der Waals surface area contributed by atoms with Crippen LogP contribution in [0.5, 0.6) is 0 Å². The smallest absolute Gasteiger partial charge is 0.255 e. The number of pyridine rings is 1. The van der Waals surface area contributed by atoms with Gasteiger partial charge >= 0.3 is 0 Å². The Kier molecular flexibility index (Phi) is 5.61. The van der Waals surface area contributed by atoms with E-state index < -0.39 is 11.5 Å². The fourth-order valence-electron chi connectivity index (χ4n) is 3.08. The van der Waals surface area contributed by atoms with Crippen LogP contribution in [0.4, 0.5) is 10.1 Å². The summed E-state index contributed by atoms with van der Waals surface area (Å²) in [6.45, 7) is 3.90. The lowest BCUT2D eigenvalue weighted by Crippen LogP contribution is -2.53. The largest absolute Gasteiger partial charge is 0.361 e. The van der Waals surface area contributed by atoms with E-state index in [0.29, 0.717) is 24.1 Å². The first-order valence-corrected chi connectivity index (χ1v) is 9.25. The summed E-state index contributed by atoms with van der Waals surface area (Å²) in [5, 5.41) is 8.01. The van der Waals surface area contributed by atoms with Crippen molar-refractivity contribution in [3.8, 4) is 0 Å². The Morgan fingerprint density at radius 2 is 1.85 bits per heavy atom. The molecule has 1 aromatic heterocycles. The molecule has 3 aromatic rings. The quantitative estimate of drug-likeness (QED) is 0.559. The molecule has 0 radical (unpaired) electrons. The van der Waals surface area contributed by atoms with Crippen molar-refractivity contribution < 1.29 is 9.18 Å². The predicted octanol–water partition coefficient (Wildman–Crippen LogP) is 5.39. The van der Waals surface area contributed by atoms with Gasteiger partial charge in [0.05, 0.1) is 16.3 Å². The summed E-state index contributed by atoms with van der Waals surface area (Å²) in [7, 11) is 0. The Morgan fingerprint density at radius 3 is 2.59 bits per heavy atom. The maximum Gasteiger partial charge on any atom is 0.255 e. The van der Waals surface area contributed by atoms with E-state index in [4.69, 9.17) is 11.6 Å². The van der Waals surface area contributed by atoms with Gasteiger partial charge in [0, 0.05) is 17.8 Å². The molecular formula is C21H21ClFN3O. The van der Waals surface area contributed by atoms with Gasteiger partial charge in [0.1, 0.15) is 11.5 Å². The molecule has 0 saturated carbocycles. The van der Waals surface area contributed by atoms with Crippen molar-refractivity contribution >= 4 is 34.0 Å². The third-order valence-corrected chi connectivity index (χ3v) is 5.18. The minimum absolute atomic E-state index is 0.00449. The van der Waals surface area contributed by atoms with Gasteiger partial charge in [-0.15, -0.1) is 0 Å². The number of carbonyl (C=O) groups excluding carboxylic acids is 1. The Hall–Kier alpha value is -2.66. The second-order valence-corrected chi connectivity index (χ2v) is 6.76. The molecule has 0 bridgehead atoms. The molecule has 0 aliphatic carbocycles. The van der Waals surface area contributed by atoms with Gasteiger partial charge in [-0.3, -0.25) is 9.78 Å². The van der Waals surface area contributed by atoms with Crippen LogP contribution in [-0.4, -0.2) is 16.6 Å². The predicted molar refractivity (Wildman–Crippen MR) is 108 cm³/mol. The maximum absolute atomic E-state index is 13.8. The van der Waals surface area contributed by atoms with Gasteiger partial charge in [-0.1, -0.05) is 55.8 Å². The Morgan fingerprint density at radius 1 is 1.11 bits per heavy atom. The topological polar surface area (TPSA) is 54.0 Å². The van der Waals surface area contributed by atoms with Gasteiger partial charge in [0.25, 0.3) is 5.91 Å². The number of fused-ring (bicyclic) bond motifs is 1. The van der Waals surface area contributed by atoms with Crippen LogP contribution in [0.15, 0.2) is 54.9 Å². The fraction of sp³-hybridized carbons (Fsp3) is 0.238. The van der Waals surface area contributed by atoms with Crippen molar-refractivity contribution in [1.82, 2.24) is 10.3 Å². The first-order valence-electron chi connectivity index (χ1n) is 8.87. The number of hydrogen-bond donors (Lipinski definition) is 2. The average Bonchev–Trinajstić information content (AvgIpc) is 2.70. The standard InChI is InChI=1S/C21H21ClFN3O/c1-3-21(4-2,25-18-11-7-10-17(23)19(18)22)26-20(27)16-13-24-12-14-8-5-6-9-15(14)16/h5-13,25H,3-4H2,1-2H3,(H,26,27). The lowest BCUT2D eigenvalue weighted by molar-refractivity contribution is 0.0906. The molecule has 0 spiro atoms. The second-order valence-electron chi connectivity index (χ2n) is 6.38.